The van der Waals surface area contributed by atoms with E-state index in [0.717, 1.165) is 42.5 Å². The summed E-state index contributed by atoms with van der Waals surface area (Å²) in [6, 6.07) is 0.727. The van der Waals surface area contributed by atoms with Gasteiger partial charge in [-0.3, -0.25) is 0 Å². The van der Waals surface area contributed by atoms with E-state index in [2.05, 4.69) is 32.3 Å². The second-order valence-electron chi connectivity index (χ2n) is 5.83. The molecule has 0 radical (unpaired) electrons. The van der Waals surface area contributed by atoms with Crippen molar-refractivity contribution in [3.8, 4) is 0 Å². The molecule has 0 unspecified atom stereocenters. The van der Waals surface area contributed by atoms with Gasteiger partial charge in [0, 0.05) is 19.1 Å². The van der Waals surface area contributed by atoms with E-state index >= 15 is 0 Å². The maximum atomic E-state index is 5.16. The van der Waals surface area contributed by atoms with Crippen molar-refractivity contribution in [1.82, 2.24) is 20.0 Å². The Morgan fingerprint density at radius 1 is 1.38 bits per heavy atom. The number of piperidine rings is 1. The van der Waals surface area contributed by atoms with Crippen LogP contribution in [0, 0.1) is 6.92 Å². The van der Waals surface area contributed by atoms with Gasteiger partial charge in [-0.15, -0.1) is 0 Å². The number of rotatable bonds is 5. The minimum Gasteiger partial charge on any atom is -0.369 e. The highest BCUT2D eigenvalue weighted by atomic mass is 16.5. The highest BCUT2D eigenvalue weighted by molar-refractivity contribution is 5.87. The van der Waals surface area contributed by atoms with Crippen LogP contribution in [0.2, 0.25) is 0 Å². The van der Waals surface area contributed by atoms with Crippen molar-refractivity contribution in [2.75, 3.05) is 25.0 Å². The molecule has 0 aliphatic carbocycles. The Bertz CT molecular complexity index is 597. The zero-order valence-electron chi connectivity index (χ0n) is 12.8. The Hall–Kier alpha value is -1.69. The monoisotopic (exact) mass is 289 g/mol. The van der Waals surface area contributed by atoms with Gasteiger partial charge in [-0.2, -0.15) is 4.98 Å². The van der Waals surface area contributed by atoms with E-state index in [0.29, 0.717) is 5.71 Å². The SMILES string of the molecule is Cc1noc2ncnc(NCCCN3CCCC[C@@H]3C)c12. The van der Waals surface area contributed by atoms with Crippen molar-refractivity contribution in [2.45, 2.75) is 45.6 Å². The van der Waals surface area contributed by atoms with E-state index in [1.165, 1.54) is 32.1 Å². The molecular formula is C15H23N5O. The third-order valence-corrected chi connectivity index (χ3v) is 4.30. The van der Waals surface area contributed by atoms with Crippen molar-refractivity contribution in [3.05, 3.63) is 12.0 Å². The second-order valence-corrected chi connectivity index (χ2v) is 5.83. The predicted octanol–water partition coefficient (Wildman–Crippen LogP) is 2.60. The Labute approximate surface area is 124 Å². The summed E-state index contributed by atoms with van der Waals surface area (Å²) in [7, 11) is 0. The Balaban J connectivity index is 1.54. The summed E-state index contributed by atoms with van der Waals surface area (Å²) in [4.78, 5) is 11.0. The molecule has 114 valence electrons. The average molecular weight is 289 g/mol. The van der Waals surface area contributed by atoms with E-state index < -0.39 is 0 Å². The number of nitrogens with zero attached hydrogens (tertiary/aromatic N) is 4. The third kappa shape index (κ3) is 3.15. The first-order chi connectivity index (χ1) is 10.3. The van der Waals surface area contributed by atoms with Crippen LogP contribution in [0.25, 0.3) is 11.1 Å². The molecule has 3 rings (SSSR count). The Morgan fingerprint density at radius 3 is 3.14 bits per heavy atom. The van der Waals surface area contributed by atoms with Crippen LogP contribution in [0.4, 0.5) is 5.82 Å². The van der Waals surface area contributed by atoms with Gasteiger partial charge in [0.25, 0.3) is 5.71 Å². The number of hydrogen-bond donors (Lipinski definition) is 1. The van der Waals surface area contributed by atoms with E-state index in [1.807, 2.05) is 6.92 Å². The molecule has 0 spiro atoms. The van der Waals surface area contributed by atoms with Crippen LogP contribution in [-0.2, 0) is 0 Å². The fourth-order valence-electron chi connectivity index (χ4n) is 3.03. The lowest BCUT2D eigenvalue weighted by atomic mass is 10.0. The Morgan fingerprint density at radius 2 is 2.29 bits per heavy atom. The Kier molecular flexibility index (Phi) is 4.34. The molecule has 2 aromatic heterocycles. The molecule has 21 heavy (non-hydrogen) atoms. The summed E-state index contributed by atoms with van der Waals surface area (Å²) < 4.78 is 5.16. The number of fused-ring (bicyclic) bond motifs is 1. The van der Waals surface area contributed by atoms with Crippen molar-refractivity contribution in [3.63, 3.8) is 0 Å². The largest absolute Gasteiger partial charge is 0.369 e. The van der Waals surface area contributed by atoms with Crippen LogP contribution in [-0.4, -0.2) is 45.7 Å². The van der Waals surface area contributed by atoms with E-state index in [9.17, 15) is 0 Å². The van der Waals surface area contributed by atoms with Crippen molar-refractivity contribution < 1.29 is 4.52 Å². The molecule has 1 atom stereocenters. The van der Waals surface area contributed by atoms with Gasteiger partial charge in [-0.05, 0) is 39.7 Å². The lowest BCUT2D eigenvalue weighted by molar-refractivity contribution is 0.160. The summed E-state index contributed by atoms with van der Waals surface area (Å²) in [5.41, 5.74) is 1.38. The number of likely N-dealkylation sites (tertiary alicyclic amines) is 1. The van der Waals surface area contributed by atoms with Crippen LogP contribution in [0.1, 0.15) is 38.3 Å². The summed E-state index contributed by atoms with van der Waals surface area (Å²) in [5, 5.41) is 8.23. The van der Waals surface area contributed by atoms with Crippen LogP contribution in [0.3, 0.4) is 0 Å². The molecule has 1 fully saturated rings. The predicted molar refractivity (Wildman–Crippen MR) is 82.3 cm³/mol. The molecule has 6 nitrogen and oxygen atoms in total. The van der Waals surface area contributed by atoms with E-state index in [1.54, 1.807) is 0 Å². The maximum Gasteiger partial charge on any atom is 0.263 e. The molecule has 1 aliphatic heterocycles. The van der Waals surface area contributed by atoms with Gasteiger partial charge in [0.15, 0.2) is 0 Å². The van der Waals surface area contributed by atoms with Crippen LogP contribution in [0.5, 0.6) is 0 Å². The number of nitrogens with one attached hydrogen (secondary N) is 1. The average Bonchev–Trinajstić information content (AvgIpc) is 2.88. The summed E-state index contributed by atoms with van der Waals surface area (Å²) in [5.74, 6) is 0.824. The standard InChI is InChI=1S/C15H23N5O/c1-11-6-3-4-8-20(11)9-5-7-16-14-13-12(2)19-21-15(13)18-10-17-14/h10-11H,3-9H2,1-2H3,(H,16,17,18)/t11-/m0/s1. The fourth-order valence-corrected chi connectivity index (χ4v) is 3.03. The van der Waals surface area contributed by atoms with E-state index in [4.69, 9.17) is 4.52 Å². The molecule has 0 saturated carbocycles. The van der Waals surface area contributed by atoms with Crippen LogP contribution < -0.4 is 5.32 Å². The topological polar surface area (TPSA) is 67.1 Å². The highest BCUT2D eigenvalue weighted by Gasteiger charge is 2.17. The molecule has 0 bridgehead atoms. The first-order valence-corrected chi connectivity index (χ1v) is 7.80. The summed E-state index contributed by atoms with van der Waals surface area (Å²) in [6.07, 6.45) is 6.67. The zero-order valence-corrected chi connectivity index (χ0v) is 12.8. The third-order valence-electron chi connectivity index (χ3n) is 4.30. The van der Waals surface area contributed by atoms with Gasteiger partial charge in [0.05, 0.1) is 5.69 Å². The molecule has 1 saturated heterocycles. The van der Waals surface area contributed by atoms with Gasteiger partial charge in [-0.25, -0.2) is 4.98 Å². The summed E-state index contributed by atoms with van der Waals surface area (Å²) in [6.45, 7) is 7.53. The van der Waals surface area contributed by atoms with E-state index in [-0.39, 0.29) is 0 Å². The molecule has 0 aromatic carbocycles. The molecule has 2 aromatic rings. The smallest absolute Gasteiger partial charge is 0.263 e. The lowest BCUT2D eigenvalue weighted by Gasteiger charge is -2.33. The van der Waals surface area contributed by atoms with Gasteiger partial charge >= 0.3 is 0 Å². The number of hydrogen-bond acceptors (Lipinski definition) is 6. The molecular weight excluding hydrogens is 266 g/mol. The van der Waals surface area contributed by atoms with Crippen molar-refractivity contribution in [2.24, 2.45) is 0 Å². The lowest BCUT2D eigenvalue weighted by Crippen LogP contribution is -2.38. The maximum absolute atomic E-state index is 5.16. The molecule has 6 heteroatoms. The molecule has 1 aliphatic rings. The van der Waals surface area contributed by atoms with Crippen LogP contribution in [0.15, 0.2) is 10.9 Å². The number of anilines is 1. The fraction of sp³-hybridized carbons (Fsp3) is 0.667. The minimum atomic E-state index is 0.551. The van der Waals surface area contributed by atoms with Crippen molar-refractivity contribution in [1.29, 1.82) is 0 Å². The van der Waals surface area contributed by atoms with Gasteiger partial charge in [-0.1, -0.05) is 11.6 Å². The van der Waals surface area contributed by atoms with Crippen LogP contribution >= 0.6 is 0 Å². The quantitative estimate of drug-likeness (QED) is 0.853. The van der Waals surface area contributed by atoms with Gasteiger partial charge in [0.2, 0.25) is 0 Å². The summed E-state index contributed by atoms with van der Waals surface area (Å²) >= 11 is 0. The van der Waals surface area contributed by atoms with Crippen molar-refractivity contribution >= 4 is 16.9 Å². The first kappa shape index (κ1) is 14.3. The number of aromatic nitrogens is 3. The second kappa shape index (κ2) is 6.39. The molecule has 3 heterocycles. The number of aryl methyl sites for hydroxylation is 1. The highest BCUT2D eigenvalue weighted by Crippen LogP contribution is 2.22. The molecule has 0 amide bonds. The molecule has 1 N–H and O–H groups in total. The van der Waals surface area contributed by atoms with Gasteiger partial charge in [0.1, 0.15) is 17.5 Å². The normalized spacial score (nSPS) is 20.0. The van der Waals surface area contributed by atoms with Gasteiger partial charge < -0.3 is 14.7 Å². The minimum absolute atomic E-state index is 0.551. The first-order valence-electron chi connectivity index (χ1n) is 7.80. The zero-order chi connectivity index (χ0) is 14.7.